The lowest BCUT2D eigenvalue weighted by molar-refractivity contribution is 0.295. The summed E-state index contributed by atoms with van der Waals surface area (Å²) in [5.74, 6) is 0. The van der Waals surface area contributed by atoms with E-state index in [0.29, 0.717) is 6.61 Å². The van der Waals surface area contributed by atoms with Crippen LogP contribution in [0.5, 0.6) is 0 Å². The smallest absolute Gasteiger partial charge is 0.200 e. The largest absolute Gasteiger partial charge is 0.329 e. The molecular formula is C7H14FN2O2P. The molecule has 0 aliphatic heterocycles. The highest BCUT2D eigenvalue weighted by molar-refractivity contribution is 7.58. The molecule has 2 unspecified atom stereocenters. The Morgan fingerprint density at radius 3 is 2.77 bits per heavy atom. The molecule has 0 saturated carbocycles. The molecular weight excluding hydrogens is 194 g/mol. The van der Waals surface area contributed by atoms with Crippen molar-refractivity contribution in [3.05, 3.63) is 0 Å². The number of rotatable bonds is 6. The average molecular weight is 208 g/mol. The van der Waals surface area contributed by atoms with Crippen LogP contribution >= 0.6 is 7.37 Å². The van der Waals surface area contributed by atoms with Gasteiger partial charge in [0.25, 0.3) is 0 Å². The van der Waals surface area contributed by atoms with Crippen molar-refractivity contribution in [1.29, 1.82) is 5.26 Å². The predicted molar refractivity (Wildman–Crippen MR) is 48.3 cm³/mol. The number of hydrogen-bond acceptors (Lipinski definition) is 4. The zero-order valence-corrected chi connectivity index (χ0v) is 8.68. The molecule has 0 saturated heterocycles. The second kappa shape index (κ2) is 6.09. The molecule has 0 rings (SSSR count). The minimum absolute atomic E-state index is 0.195. The Morgan fingerprint density at radius 1 is 1.77 bits per heavy atom. The Kier molecular flexibility index (Phi) is 5.89. The highest BCUT2D eigenvalue weighted by Crippen LogP contribution is 2.42. The summed E-state index contributed by atoms with van der Waals surface area (Å²) in [6, 6.07) is 0.809. The maximum Gasteiger partial charge on any atom is 0.200 e. The van der Waals surface area contributed by atoms with Crippen LogP contribution in [0.3, 0.4) is 0 Å². The molecule has 0 aromatic rings. The lowest BCUT2D eigenvalue weighted by atomic mass is 10.3. The monoisotopic (exact) mass is 208 g/mol. The van der Waals surface area contributed by atoms with E-state index in [1.165, 1.54) is 12.2 Å². The number of nitriles is 1. The van der Waals surface area contributed by atoms with Crippen LogP contribution in [0, 0.1) is 11.3 Å². The van der Waals surface area contributed by atoms with E-state index < -0.39 is 13.4 Å². The lowest BCUT2D eigenvalue weighted by Gasteiger charge is -2.13. The van der Waals surface area contributed by atoms with Crippen LogP contribution in [0.4, 0.5) is 4.48 Å². The van der Waals surface area contributed by atoms with Crippen molar-refractivity contribution >= 4 is 7.37 Å². The van der Waals surface area contributed by atoms with Gasteiger partial charge in [0.1, 0.15) is 6.04 Å². The predicted octanol–water partition coefficient (Wildman–Crippen LogP) is 1.69. The molecule has 0 aliphatic carbocycles. The summed E-state index contributed by atoms with van der Waals surface area (Å²) in [5.41, 5.74) is 1.33. The molecule has 1 N–H and O–H groups in total. The van der Waals surface area contributed by atoms with E-state index >= 15 is 0 Å². The number of hydrogen-bond donors (Lipinski definition) is 1. The summed E-state index contributed by atoms with van der Waals surface area (Å²) >= 11 is 0. The van der Waals surface area contributed by atoms with Crippen LogP contribution in [-0.4, -0.2) is 25.5 Å². The summed E-state index contributed by atoms with van der Waals surface area (Å²) in [4.78, 5) is 0. The van der Waals surface area contributed by atoms with Crippen LogP contribution in [0.1, 0.15) is 13.3 Å². The Labute approximate surface area is 77.5 Å². The molecule has 0 heterocycles. The van der Waals surface area contributed by atoms with Gasteiger partial charge in [-0.1, -0.05) is 0 Å². The van der Waals surface area contributed by atoms with E-state index in [9.17, 15) is 9.05 Å². The van der Waals surface area contributed by atoms with Crippen molar-refractivity contribution in [3.8, 4) is 6.07 Å². The first-order valence-corrected chi connectivity index (χ1v) is 6.28. The molecule has 0 spiro atoms. The summed E-state index contributed by atoms with van der Waals surface area (Å²) in [5, 5.41) is 8.37. The van der Waals surface area contributed by atoms with Gasteiger partial charge in [0.05, 0.1) is 12.7 Å². The minimum atomic E-state index is -2.63. The van der Waals surface area contributed by atoms with Gasteiger partial charge >= 0.3 is 0 Å². The van der Waals surface area contributed by atoms with Crippen LogP contribution in [0.2, 0.25) is 0 Å². The van der Waals surface area contributed by atoms with Crippen molar-refractivity contribution in [2.24, 2.45) is 0 Å². The SMILES string of the molecule is CCOP(C)(=O)CCC(C#N)NF. The molecule has 0 aromatic carbocycles. The number of nitrogens with zero attached hydrogens (tertiary/aromatic N) is 1. The van der Waals surface area contributed by atoms with Gasteiger partial charge in [-0.25, -0.2) is 0 Å². The first-order valence-electron chi connectivity index (χ1n) is 4.02. The number of nitrogens with one attached hydrogen (secondary N) is 1. The van der Waals surface area contributed by atoms with Gasteiger partial charge in [-0.2, -0.15) is 5.26 Å². The van der Waals surface area contributed by atoms with Crippen molar-refractivity contribution in [2.75, 3.05) is 19.4 Å². The van der Waals surface area contributed by atoms with Crippen LogP contribution in [0.25, 0.3) is 0 Å². The Hall–Kier alpha value is -0.430. The molecule has 2 atom stereocenters. The van der Waals surface area contributed by atoms with E-state index in [1.807, 2.05) is 0 Å². The fourth-order valence-electron chi connectivity index (χ4n) is 0.845. The van der Waals surface area contributed by atoms with Gasteiger partial charge in [-0.3, -0.25) is 4.57 Å². The van der Waals surface area contributed by atoms with Crippen molar-refractivity contribution in [3.63, 3.8) is 0 Å². The fraction of sp³-hybridized carbons (Fsp3) is 0.857. The molecule has 13 heavy (non-hydrogen) atoms. The van der Waals surface area contributed by atoms with Gasteiger partial charge < -0.3 is 4.52 Å². The maximum absolute atomic E-state index is 11.8. The second-order valence-electron chi connectivity index (χ2n) is 2.73. The summed E-state index contributed by atoms with van der Waals surface area (Å²) < 4.78 is 28.2. The normalized spacial score (nSPS) is 17.4. The number of halogens is 1. The Bertz CT molecular complexity index is 229. The lowest BCUT2D eigenvalue weighted by Crippen LogP contribution is -2.20. The van der Waals surface area contributed by atoms with Gasteiger partial charge in [0, 0.05) is 12.8 Å². The Balaban J connectivity index is 3.87. The molecule has 76 valence electrons. The van der Waals surface area contributed by atoms with Gasteiger partial charge in [-0.05, 0) is 13.3 Å². The maximum atomic E-state index is 11.8. The molecule has 4 nitrogen and oxygen atoms in total. The molecule has 0 fully saturated rings. The third kappa shape index (κ3) is 5.75. The fourth-order valence-corrected chi connectivity index (χ4v) is 2.25. The summed E-state index contributed by atoms with van der Waals surface area (Å²) in [7, 11) is -2.63. The topological polar surface area (TPSA) is 62.1 Å². The first-order chi connectivity index (χ1) is 6.05. The second-order valence-corrected chi connectivity index (χ2v) is 5.47. The zero-order chi connectivity index (χ0) is 10.3. The van der Waals surface area contributed by atoms with E-state index in [1.54, 1.807) is 13.0 Å². The van der Waals surface area contributed by atoms with Crippen LogP contribution in [-0.2, 0) is 9.09 Å². The quantitative estimate of drug-likeness (QED) is 0.533. The van der Waals surface area contributed by atoms with Gasteiger partial charge in [0.15, 0.2) is 7.37 Å². The highest BCUT2D eigenvalue weighted by atomic mass is 31.2. The molecule has 0 amide bonds. The van der Waals surface area contributed by atoms with Crippen LogP contribution in [0.15, 0.2) is 0 Å². The Morgan fingerprint density at radius 2 is 2.38 bits per heavy atom. The van der Waals surface area contributed by atoms with Crippen molar-refractivity contribution < 1.29 is 13.6 Å². The summed E-state index contributed by atoms with van der Waals surface area (Å²) in [6.45, 7) is 3.60. The van der Waals surface area contributed by atoms with Crippen molar-refractivity contribution in [2.45, 2.75) is 19.4 Å². The van der Waals surface area contributed by atoms with E-state index in [2.05, 4.69) is 0 Å². The third-order valence-electron chi connectivity index (χ3n) is 1.51. The molecule has 0 aliphatic rings. The molecule has 0 aromatic heterocycles. The van der Waals surface area contributed by atoms with E-state index in [-0.39, 0.29) is 12.6 Å². The van der Waals surface area contributed by atoms with E-state index in [0.717, 1.165) is 0 Å². The molecule has 0 radical (unpaired) electrons. The highest BCUT2D eigenvalue weighted by Gasteiger charge is 2.17. The minimum Gasteiger partial charge on any atom is -0.329 e. The molecule has 6 heteroatoms. The third-order valence-corrected chi connectivity index (χ3v) is 3.39. The average Bonchev–Trinajstić information content (AvgIpc) is 2.06. The zero-order valence-electron chi connectivity index (χ0n) is 7.79. The van der Waals surface area contributed by atoms with E-state index in [4.69, 9.17) is 9.79 Å². The molecule has 0 bridgehead atoms. The first kappa shape index (κ1) is 12.6. The standard InChI is InChI=1S/C7H14FN2O2P/c1-3-12-13(2,11)5-4-7(6-9)10-8/h7,10H,3-5H2,1-2H3. The van der Waals surface area contributed by atoms with Gasteiger partial charge in [-0.15, -0.1) is 10.0 Å². The summed E-state index contributed by atoms with van der Waals surface area (Å²) in [6.07, 6.45) is 0.413. The van der Waals surface area contributed by atoms with Crippen molar-refractivity contribution in [1.82, 2.24) is 5.54 Å². The van der Waals surface area contributed by atoms with Crippen LogP contribution < -0.4 is 5.54 Å². The van der Waals surface area contributed by atoms with Gasteiger partial charge in [0.2, 0.25) is 0 Å².